The highest BCUT2D eigenvalue weighted by molar-refractivity contribution is 5.93. The second-order valence-corrected chi connectivity index (χ2v) is 8.01. The summed E-state index contributed by atoms with van der Waals surface area (Å²) >= 11 is 0. The Morgan fingerprint density at radius 2 is 1.91 bits per heavy atom. The Morgan fingerprint density at radius 3 is 2.72 bits per heavy atom. The van der Waals surface area contributed by atoms with E-state index < -0.39 is 6.04 Å². The van der Waals surface area contributed by atoms with E-state index in [4.69, 9.17) is 19.8 Å². The minimum atomic E-state index is -0.463. The first-order chi connectivity index (χ1) is 15.6. The van der Waals surface area contributed by atoms with Crippen molar-refractivity contribution in [3.8, 4) is 17.1 Å². The average molecular weight is 432 g/mol. The molecule has 2 aromatic heterocycles. The maximum absolute atomic E-state index is 12.5. The molecule has 0 radical (unpaired) electrons. The number of nitrogens with one attached hydrogen (secondary N) is 3. The van der Waals surface area contributed by atoms with Crippen LogP contribution in [0.4, 0.5) is 5.95 Å². The van der Waals surface area contributed by atoms with Gasteiger partial charge in [-0.25, -0.2) is 9.97 Å². The molecule has 0 unspecified atom stereocenters. The lowest BCUT2D eigenvalue weighted by Crippen LogP contribution is -2.42. The smallest absolute Gasteiger partial charge is 0.243 e. The Kier molecular flexibility index (Phi) is 5.32. The number of ether oxygens (including phenoxy) is 1. The van der Waals surface area contributed by atoms with Crippen molar-refractivity contribution in [1.82, 2.24) is 30.2 Å². The summed E-state index contributed by atoms with van der Waals surface area (Å²) in [5.41, 5.74) is 2.33. The number of hydrogen-bond acceptors (Lipinski definition) is 7. The van der Waals surface area contributed by atoms with Gasteiger partial charge in [0.25, 0.3) is 0 Å². The van der Waals surface area contributed by atoms with E-state index in [1.165, 1.54) is 0 Å². The molecule has 0 aliphatic carbocycles. The van der Waals surface area contributed by atoms with E-state index in [0.717, 1.165) is 28.8 Å². The van der Waals surface area contributed by atoms with Crippen molar-refractivity contribution in [2.75, 3.05) is 25.0 Å². The predicted octanol–water partition coefficient (Wildman–Crippen LogP) is 2.23. The molecule has 0 spiro atoms. The number of fused-ring (bicyclic) bond motifs is 3. The molecule has 9 nitrogen and oxygen atoms in total. The van der Waals surface area contributed by atoms with Crippen LogP contribution in [-0.4, -0.2) is 57.3 Å². The number of anilines is 1. The molecule has 9 heteroatoms. The Bertz CT molecular complexity index is 1270. The Balaban J connectivity index is 1.58. The zero-order valence-electron chi connectivity index (χ0n) is 18.0. The Morgan fingerprint density at radius 1 is 1.09 bits per heavy atom. The molecular weight excluding hydrogens is 406 g/mol. The van der Waals surface area contributed by atoms with Crippen LogP contribution in [0.15, 0.2) is 48.5 Å². The third-order valence-electron chi connectivity index (χ3n) is 5.23. The van der Waals surface area contributed by atoms with Gasteiger partial charge in [-0.1, -0.05) is 12.1 Å². The third kappa shape index (κ3) is 3.94. The zero-order valence-corrected chi connectivity index (χ0v) is 18.0. The van der Waals surface area contributed by atoms with Gasteiger partial charge in [0.05, 0.1) is 11.6 Å². The number of carbonyl (C=O) groups excluding carboxylic acids is 1. The minimum Gasteiger partial charge on any atom is -0.491 e. The monoisotopic (exact) mass is 431 g/mol. The van der Waals surface area contributed by atoms with Crippen LogP contribution in [0.5, 0.6) is 5.75 Å². The fraction of sp³-hybridized carbons (Fsp3) is 0.304. The number of para-hydroxylation sites is 1. The van der Waals surface area contributed by atoms with E-state index in [1.54, 1.807) is 4.52 Å². The number of carbonyl (C=O) groups is 1. The summed E-state index contributed by atoms with van der Waals surface area (Å²) in [4.78, 5) is 22.0. The largest absolute Gasteiger partial charge is 0.491 e. The average Bonchev–Trinajstić information content (AvgIpc) is 3.14. The van der Waals surface area contributed by atoms with Crippen LogP contribution in [0.2, 0.25) is 0 Å². The van der Waals surface area contributed by atoms with Crippen LogP contribution < -0.4 is 20.7 Å². The van der Waals surface area contributed by atoms with E-state index in [9.17, 15) is 4.79 Å². The molecule has 1 aliphatic rings. The van der Waals surface area contributed by atoms with Gasteiger partial charge in [-0.05, 0) is 50.2 Å². The normalized spacial score (nSPS) is 16.8. The molecule has 164 valence electrons. The fourth-order valence-electron chi connectivity index (χ4n) is 3.74. The van der Waals surface area contributed by atoms with Crippen LogP contribution in [0.1, 0.15) is 13.8 Å². The lowest BCUT2D eigenvalue weighted by molar-refractivity contribution is -0.121. The van der Waals surface area contributed by atoms with Gasteiger partial charge in [0, 0.05) is 30.6 Å². The molecule has 5 rings (SSSR count). The standard InChI is InChI=1S/C23H25N7O2/c1-14(2)32-16-9-7-15(8-10-16)20-28-21-17-5-3-4-6-18(17)26-23(30(21)29-20)27-19-13-24-11-12-25-22(19)31/h3-10,14,19,24H,11-13H2,1-2H3,(H,25,31)(H,26,27)/t19-/m1/s1. The number of hydrogen-bond donors (Lipinski definition) is 3. The highest BCUT2D eigenvalue weighted by atomic mass is 16.5. The van der Waals surface area contributed by atoms with E-state index >= 15 is 0 Å². The van der Waals surface area contributed by atoms with Crippen LogP contribution in [0.25, 0.3) is 27.9 Å². The van der Waals surface area contributed by atoms with Crippen molar-refractivity contribution in [2.24, 2.45) is 0 Å². The zero-order chi connectivity index (χ0) is 22.1. The summed E-state index contributed by atoms with van der Waals surface area (Å²) in [6.45, 7) is 5.82. The molecular formula is C23H25N7O2. The van der Waals surface area contributed by atoms with Crippen molar-refractivity contribution in [3.05, 3.63) is 48.5 Å². The maximum atomic E-state index is 12.5. The Labute approximate surface area is 185 Å². The second kappa shape index (κ2) is 8.43. The van der Waals surface area contributed by atoms with Gasteiger partial charge >= 0.3 is 0 Å². The number of nitrogens with zero attached hydrogens (tertiary/aromatic N) is 4. The van der Waals surface area contributed by atoms with E-state index in [-0.39, 0.29) is 12.0 Å². The van der Waals surface area contributed by atoms with Crippen molar-refractivity contribution in [1.29, 1.82) is 0 Å². The van der Waals surface area contributed by atoms with Gasteiger partial charge < -0.3 is 20.7 Å². The summed E-state index contributed by atoms with van der Waals surface area (Å²) in [5, 5.41) is 15.0. The molecule has 0 saturated carbocycles. The van der Waals surface area contributed by atoms with Gasteiger partial charge in [0.1, 0.15) is 11.8 Å². The van der Waals surface area contributed by atoms with Crippen molar-refractivity contribution < 1.29 is 9.53 Å². The summed E-state index contributed by atoms with van der Waals surface area (Å²) in [6.07, 6.45) is 0.107. The quantitative estimate of drug-likeness (QED) is 0.445. The minimum absolute atomic E-state index is 0.0702. The van der Waals surface area contributed by atoms with E-state index in [2.05, 4.69) is 16.0 Å². The summed E-state index contributed by atoms with van der Waals surface area (Å²) in [6, 6.07) is 15.0. The molecule has 3 N–H and O–H groups in total. The number of benzene rings is 2. The van der Waals surface area contributed by atoms with Crippen LogP contribution in [-0.2, 0) is 4.79 Å². The van der Waals surface area contributed by atoms with Crippen molar-refractivity contribution >= 4 is 28.4 Å². The molecule has 1 atom stereocenters. The number of rotatable bonds is 5. The molecule has 3 heterocycles. The van der Waals surface area contributed by atoms with Gasteiger partial charge in [0.2, 0.25) is 11.9 Å². The molecule has 4 aromatic rings. The van der Waals surface area contributed by atoms with Crippen LogP contribution in [0, 0.1) is 0 Å². The van der Waals surface area contributed by atoms with Gasteiger partial charge in [-0.15, -0.1) is 5.10 Å². The SMILES string of the molecule is CC(C)Oc1ccc(-c2nc3c4ccccc4nc(N[C@@H]4CNCCNC4=O)n3n2)cc1. The lowest BCUT2D eigenvalue weighted by Gasteiger charge is -2.16. The number of aromatic nitrogens is 4. The predicted molar refractivity (Wildman–Crippen MR) is 123 cm³/mol. The Hall–Kier alpha value is -3.72. The highest BCUT2D eigenvalue weighted by Gasteiger charge is 2.23. The van der Waals surface area contributed by atoms with Crippen molar-refractivity contribution in [3.63, 3.8) is 0 Å². The molecule has 1 amide bonds. The molecule has 1 aliphatic heterocycles. The molecule has 2 aromatic carbocycles. The summed E-state index contributed by atoms with van der Waals surface area (Å²) in [5.74, 6) is 1.78. The summed E-state index contributed by atoms with van der Waals surface area (Å²) in [7, 11) is 0. The molecule has 0 bridgehead atoms. The fourth-order valence-corrected chi connectivity index (χ4v) is 3.74. The van der Waals surface area contributed by atoms with E-state index in [1.807, 2.05) is 62.4 Å². The number of amides is 1. The van der Waals surface area contributed by atoms with E-state index in [0.29, 0.717) is 30.5 Å². The summed E-state index contributed by atoms with van der Waals surface area (Å²) < 4.78 is 7.41. The van der Waals surface area contributed by atoms with Crippen LogP contribution >= 0.6 is 0 Å². The molecule has 1 saturated heterocycles. The maximum Gasteiger partial charge on any atom is 0.243 e. The molecule has 32 heavy (non-hydrogen) atoms. The first-order valence-electron chi connectivity index (χ1n) is 10.8. The van der Waals surface area contributed by atoms with Gasteiger partial charge in [0.15, 0.2) is 11.5 Å². The van der Waals surface area contributed by atoms with Crippen LogP contribution in [0.3, 0.4) is 0 Å². The second-order valence-electron chi connectivity index (χ2n) is 8.01. The molecule has 1 fully saturated rings. The topological polar surface area (TPSA) is 105 Å². The lowest BCUT2D eigenvalue weighted by atomic mass is 10.2. The first kappa shape index (κ1) is 20.2. The van der Waals surface area contributed by atoms with Crippen molar-refractivity contribution in [2.45, 2.75) is 26.0 Å². The van der Waals surface area contributed by atoms with Gasteiger partial charge in [-0.2, -0.15) is 4.52 Å². The first-order valence-corrected chi connectivity index (χ1v) is 10.8. The highest BCUT2D eigenvalue weighted by Crippen LogP contribution is 2.26. The van der Waals surface area contributed by atoms with Gasteiger partial charge in [-0.3, -0.25) is 4.79 Å². The third-order valence-corrected chi connectivity index (χ3v) is 5.23.